The molecule has 1 heterocycles. The average molecular weight is 339 g/mol. The van der Waals surface area contributed by atoms with Gasteiger partial charge in [-0.25, -0.2) is 4.79 Å². The summed E-state index contributed by atoms with van der Waals surface area (Å²) in [5, 5.41) is 9.93. The van der Waals surface area contributed by atoms with Gasteiger partial charge in [0.25, 0.3) is 0 Å². The van der Waals surface area contributed by atoms with E-state index in [1.54, 1.807) is 6.07 Å². The van der Waals surface area contributed by atoms with E-state index < -0.39 is 5.97 Å². The van der Waals surface area contributed by atoms with Crippen LogP contribution in [0.2, 0.25) is 0 Å². The minimum atomic E-state index is -0.921. The quantitative estimate of drug-likeness (QED) is 0.711. The predicted molar refractivity (Wildman–Crippen MR) is 97.6 cm³/mol. The Morgan fingerprint density at radius 1 is 1.04 bits per heavy atom. The van der Waals surface area contributed by atoms with Gasteiger partial charge in [0.15, 0.2) is 5.78 Å². The van der Waals surface area contributed by atoms with E-state index >= 15 is 0 Å². The molecule has 2 aromatic carbocycles. The molecule has 3 rings (SSSR count). The molecule has 0 saturated carbocycles. The summed E-state index contributed by atoms with van der Waals surface area (Å²) in [6.45, 7) is 0. The number of carboxylic acid groups (broad SMARTS) is 1. The number of ketones is 1. The van der Waals surface area contributed by atoms with Gasteiger partial charge < -0.3 is 10.0 Å². The third kappa shape index (κ3) is 3.31. The summed E-state index contributed by atoms with van der Waals surface area (Å²) in [5.74, 6) is -0.872. The Bertz CT molecular complexity index is 910. The van der Waals surface area contributed by atoms with E-state index in [1.165, 1.54) is 11.3 Å². The number of aromatic carboxylic acids is 1. The maximum Gasteiger partial charge on any atom is 0.345 e. The molecule has 24 heavy (non-hydrogen) atoms. The van der Waals surface area contributed by atoms with E-state index in [2.05, 4.69) is 0 Å². The molecule has 0 bridgehead atoms. The standard InChI is InChI=1S/C19H17NO3S/c1-20(2)15-6-4-13(5-7-15)16(21)10-12-3-8-17-14(9-12)11-18(24-17)19(22)23/h3-9,11H,10H2,1-2H3,(H,22,23). The minimum absolute atomic E-state index is 0.0494. The van der Waals surface area contributed by atoms with Gasteiger partial charge in [0.05, 0.1) is 0 Å². The van der Waals surface area contributed by atoms with Crippen molar-refractivity contribution in [2.75, 3.05) is 19.0 Å². The Balaban J connectivity index is 1.80. The predicted octanol–water partition coefficient (Wildman–Crippen LogP) is 4.09. The molecule has 0 amide bonds. The number of hydrogen-bond acceptors (Lipinski definition) is 4. The maximum atomic E-state index is 12.4. The minimum Gasteiger partial charge on any atom is -0.477 e. The second kappa shape index (κ2) is 6.45. The maximum absolute atomic E-state index is 12.4. The van der Waals surface area contributed by atoms with Gasteiger partial charge in [0.1, 0.15) is 4.88 Å². The van der Waals surface area contributed by atoms with E-state index in [-0.39, 0.29) is 5.78 Å². The molecule has 0 aliphatic carbocycles. The molecular formula is C19H17NO3S. The Labute approximate surface area is 144 Å². The number of thiophene rings is 1. The van der Waals surface area contributed by atoms with Gasteiger partial charge in [0.2, 0.25) is 0 Å². The number of Topliss-reactive ketones (excluding diaryl/α,β-unsaturated/α-hetero) is 1. The highest BCUT2D eigenvalue weighted by molar-refractivity contribution is 7.20. The third-order valence-electron chi connectivity index (χ3n) is 3.86. The number of fused-ring (bicyclic) bond motifs is 1. The van der Waals surface area contributed by atoms with E-state index in [1.807, 2.05) is 61.5 Å². The first kappa shape index (κ1) is 16.2. The van der Waals surface area contributed by atoms with Crippen LogP contribution in [0, 0.1) is 0 Å². The van der Waals surface area contributed by atoms with Crippen molar-refractivity contribution in [1.29, 1.82) is 0 Å². The molecule has 0 saturated heterocycles. The van der Waals surface area contributed by atoms with Gasteiger partial charge in [-0.1, -0.05) is 6.07 Å². The summed E-state index contributed by atoms with van der Waals surface area (Å²) in [5.41, 5.74) is 2.61. The van der Waals surface area contributed by atoms with Crippen LogP contribution in [0.15, 0.2) is 48.5 Å². The van der Waals surface area contributed by atoms with E-state index in [4.69, 9.17) is 5.11 Å². The first-order valence-corrected chi connectivity index (χ1v) is 8.32. The van der Waals surface area contributed by atoms with Crippen LogP contribution in [0.3, 0.4) is 0 Å². The van der Waals surface area contributed by atoms with Gasteiger partial charge >= 0.3 is 5.97 Å². The molecule has 0 unspecified atom stereocenters. The molecule has 3 aromatic rings. The second-order valence-corrected chi connectivity index (χ2v) is 6.91. The van der Waals surface area contributed by atoms with Gasteiger partial charge in [-0.2, -0.15) is 0 Å². The zero-order valence-electron chi connectivity index (χ0n) is 13.4. The van der Waals surface area contributed by atoms with E-state index in [0.717, 1.165) is 21.3 Å². The Kier molecular flexibility index (Phi) is 4.36. The van der Waals surface area contributed by atoms with Crippen molar-refractivity contribution in [3.63, 3.8) is 0 Å². The number of carbonyl (C=O) groups excluding carboxylic acids is 1. The van der Waals surface area contributed by atoms with Crippen molar-refractivity contribution in [3.8, 4) is 0 Å². The summed E-state index contributed by atoms with van der Waals surface area (Å²) in [7, 11) is 3.91. The highest BCUT2D eigenvalue weighted by atomic mass is 32.1. The molecule has 5 heteroatoms. The molecule has 0 spiro atoms. The fourth-order valence-electron chi connectivity index (χ4n) is 2.54. The van der Waals surface area contributed by atoms with Crippen LogP contribution < -0.4 is 4.90 Å². The van der Waals surface area contributed by atoms with Gasteiger partial charge in [-0.05, 0) is 53.4 Å². The highest BCUT2D eigenvalue weighted by Gasteiger charge is 2.11. The zero-order valence-corrected chi connectivity index (χ0v) is 14.3. The lowest BCUT2D eigenvalue weighted by Crippen LogP contribution is -2.09. The van der Waals surface area contributed by atoms with Gasteiger partial charge in [-0.3, -0.25) is 4.79 Å². The van der Waals surface area contributed by atoms with Crippen molar-refractivity contribution in [2.45, 2.75) is 6.42 Å². The lowest BCUT2D eigenvalue weighted by Gasteiger charge is -2.12. The second-order valence-electron chi connectivity index (χ2n) is 5.83. The Morgan fingerprint density at radius 3 is 2.38 bits per heavy atom. The number of anilines is 1. The van der Waals surface area contributed by atoms with Gasteiger partial charge in [0, 0.05) is 36.5 Å². The first-order chi connectivity index (χ1) is 11.4. The summed E-state index contributed by atoms with van der Waals surface area (Å²) in [4.78, 5) is 25.8. The van der Waals surface area contributed by atoms with Crippen molar-refractivity contribution < 1.29 is 14.7 Å². The van der Waals surface area contributed by atoms with Crippen LogP contribution in [0.1, 0.15) is 25.6 Å². The van der Waals surface area contributed by atoms with Gasteiger partial charge in [-0.15, -0.1) is 11.3 Å². The summed E-state index contributed by atoms with van der Waals surface area (Å²) < 4.78 is 0.916. The fraction of sp³-hybridized carbons (Fsp3) is 0.158. The van der Waals surface area contributed by atoms with Crippen LogP contribution in [0.25, 0.3) is 10.1 Å². The lowest BCUT2D eigenvalue weighted by molar-refractivity contribution is 0.0702. The molecule has 1 N–H and O–H groups in total. The molecule has 122 valence electrons. The van der Waals surface area contributed by atoms with Crippen molar-refractivity contribution in [1.82, 2.24) is 0 Å². The average Bonchev–Trinajstić information content (AvgIpc) is 2.98. The Morgan fingerprint density at radius 2 is 1.75 bits per heavy atom. The summed E-state index contributed by atoms with van der Waals surface area (Å²) in [6, 6.07) is 14.8. The van der Waals surface area contributed by atoms with E-state index in [9.17, 15) is 9.59 Å². The normalized spacial score (nSPS) is 10.8. The van der Waals surface area contributed by atoms with Crippen LogP contribution in [0.5, 0.6) is 0 Å². The number of nitrogens with zero attached hydrogens (tertiary/aromatic N) is 1. The largest absolute Gasteiger partial charge is 0.477 e. The van der Waals surface area contributed by atoms with E-state index in [0.29, 0.717) is 16.9 Å². The molecule has 0 atom stereocenters. The summed E-state index contributed by atoms with van der Waals surface area (Å²) in [6.07, 6.45) is 0.301. The SMILES string of the molecule is CN(C)c1ccc(C(=O)Cc2ccc3sc(C(=O)O)cc3c2)cc1. The van der Waals surface area contributed by atoms with Crippen LogP contribution >= 0.6 is 11.3 Å². The Hall–Kier alpha value is -2.66. The summed E-state index contributed by atoms with van der Waals surface area (Å²) >= 11 is 1.24. The van der Waals surface area contributed by atoms with Crippen LogP contribution in [-0.4, -0.2) is 31.0 Å². The number of rotatable bonds is 5. The van der Waals surface area contributed by atoms with Crippen molar-refractivity contribution in [2.24, 2.45) is 0 Å². The molecular weight excluding hydrogens is 322 g/mol. The molecule has 0 aliphatic rings. The number of carboxylic acids is 1. The number of carbonyl (C=O) groups is 2. The highest BCUT2D eigenvalue weighted by Crippen LogP contribution is 2.27. The molecule has 4 nitrogen and oxygen atoms in total. The monoisotopic (exact) mass is 339 g/mol. The molecule has 0 radical (unpaired) electrons. The molecule has 1 aromatic heterocycles. The fourth-order valence-corrected chi connectivity index (χ4v) is 3.42. The zero-order chi connectivity index (χ0) is 17.3. The lowest BCUT2D eigenvalue weighted by atomic mass is 10.0. The molecule has 0 aliphatic heterocycles. The third-order valence-corrected chi connectivity index (χ3v) is 4.97. The number of hydrogen-bond donors (Lipinski definition) is 1. The smallest absolute Gasteiger partial charge is 0.345 e. The first-order valence-electron chi connectivity index (χ1n) is 7.50. The van der Waals surface area contributed by atoms with Crippen molar-refractivity contribution in [3.05, 3.63) is 64.5 Å². The number of benzene rings is 2. The topological polar surface area (TPSA) is 57.6 Å². The van der Waals surface area contributed by atoms with Crippen LogP contribution in [0.4, 0.5) is 5.69 Å². The van der Waals surface area contributed by atoms with Crippen LogP contribution in [-0.2, 0) is 6.42 Å². The van der Waals surface area contributed by atoms with Crippen molar-refractivity contribution >= 4 is 38.9 Å². The molecule has 0 fully saturated rings.